The maximum Gasteiger partial charge on any atom is 0.279 e. The first-order valence-electron chi connectivity index (χ1n) is 10.3. The monoisotopic (exact) mass is 427 g/mol. The lowest BCUT2D eigenvalue weighted by Crippen LogP contribution is -2.54. The second-order valence-electron chi connectivity index (χ2n) is 8.41. The van der Waals surface area contributed by atoms with Crippen LogP contribution in [-0.4, -0.2) is 23.8 Å². The molecular formula is C23H29N3O3S. The Bertz CT molecular complexity index is 934. The van der Waals surface area contributed by atoms with E-state index in [1.165, 1.54) is 21.8 Å². The van der Waals surface area contributed by atoms with Crippen molar-refractivity contribution in [2.75, 3.05) is 0 Å². The second-order valence-corrected chi connectivity index (χ2v) is 9.55. The van der Waals surface area contributed by atoms with Crippen molar-refractivity contribution in [3.8, 4) is 0 Å². The van der Waals surface area contributed by atoms with E-state index in [4.69, 9.17) is 0 Å². The van der Waals surface area contributed by atoms with Crippen molar-refractivity contribution in [3.63, 3.8) is 0 Å². The Morgan fingerprint density at radius 3 is 2.43 bits per heavy atom. The van der Waals surface area contributed by atoms with Crippen molar-refractivity contribution in [2.45, 2.75) is 53.0 Å². The zero-order chi connectivity index (χ0) is 21.8. The molecule has 0 fully saturated rings. The number of nitrogens with one attached hydrogen (secondary N) is 3. The molecule has 2 aromatic rings. The number of fused-ring (bicyclic) bond motifs is 1. The molecule has 0 spiro atoms. The van der Waals surface area contributed by atoms with Gasteiger partial charge in [0, 0.05) is 10.4 Å². The Morgan fingerprint density at radius 2 is 1.77 bits per heavy atom. The fourth-order valence-electron chi connectivity index (χ4n) is 3.54. The molecule has 0 saturated carbocycles. The van der Waals surface area contributed by atoms with E-state index < -0.39 is 11.9 Å². The van der Waals surface area contributed by atoms with E-state index in [2.05, 4.69) is 23.1 Å². The minimum Gasteiger partial charge on any atom is -0.340 e. The Balaban J connectivity index is 1.59. The van der Waals surface area contributed by atoms with Gasteiger partial charge in [0.1, 0.15) is 6.04 Å². The molecule has 3 rings (SSSR count). The molecule has 3 amide bonds. The number of aryl methyl sites for hydroxylation is 2. The predicted molar refractivity (Wildman–Crippen MR) is 118 cm³/mol. The molecule has 1 aromatic heterocycles. The predicted octanol–water partition coefficient (Wildman–Crippen LogP) is 3.40. The molecule has 160 valence electrons. The van der Waals surface area contributed by atoms with E-state index >= 15 is 0 Å². The third-order valence-electron chi connectivity index (χ3n) is 5.40. The lowest BCUT2D eigenvalue weighted by molar-refractivity contribution is -0.124. The van der Waals surface area contributed by atoms with E-state index in [0.29, 0.717) is 16.4 Å². The number of hydrogen-bond donors (Lipinski definition) is 3. The summed E-state index contributed by atoms with van der Waals surface area (Å²) < 4.78 is 0. The molecule has 1 heterocycles. The van der Waals surface area contributed by atoms with Crippen molar-refractivity contribution in [1.29, 1.82) is 0 Å². The Hall–Kier alpha value is -2.67. The fraction of sp³-hybridized carbons (Fsp3) is 0.435. The molecule has 2 unspecified atom stereocenters. The van der Waals surface area contributed by atoms with Crippen LogP contribution in [0.3, 0.4) is 0 Å². The van der Waals surface area contributed by atoms with Crippen molar-refractivity contribution in [3.05, 3.63) is 56.8 Å². The van der Waals surface area contributed by atoms with E-state index in [0.717, 1.165) is 24.8 Å². The normalized spacial score (nSPS) is 16.5. The van der Waals surface area contributed by atoms with Crippen LogP contribution in [0.5, 0.6) is 0 Å². The molecule has 1 aliphatic rings. The minimum absolute atomic E-state index is 0.146. The van der Waals surface area contributed by atoms with Crippen LogP contribution in [-0.2, 0) is 17.6 Å². The van der Waals surface area contributed by atoms with Gasteiger partial charge < -0.3 is 5.32 Å². The largest absolute Gasteiger partial charge is 0.340 e. The van der Waals surface area contributed by atoms with Gasteiger partial charge in [0.25, 0.3) is 17.7 Å². The zero-order valence-corrected chi connectivity index (χ0v) is 18.7. The summed E-state index contributed by atoms with van der Waals surface area (Å²) in [6.45, 7) is 7.85. The van der Waals surface area contributed by atoms with E-state index in [9.17, 15) is 14.4 Å². The number of hydrogen-bond acceptors (Lipinski definition) is 4. The molecule has 3 N–H and O–H groups in total. The minimum atomic E-state index is -0.767. The highest BCUT2D eigenvalue weighted by Crippen LogP contribution is 2.32. The number of hydrazine groups is 1. The first-order chi connectivity index (χ1) is 14.2. The molecule has 1 aliphatic carbocycles. The highest BCUT2D eigenvalue weighted by molar-refractivity contribution is 7.14. The Morgan fingerprint density at radius 1 is 1.07 bits per heavy atom. The van der Waals surface area contributed by atoms with Crippen LogP contribution in [0, 0.1) is 18.8 Å². The van der Waals surface area contributed by atoms with E-state index in [1.807, 2.05) is 39.0 Å². The molecular weight excluding hydrogens is 398 g/mol. The van der Waals surface area contributed by atoms with Crippen LogP contribution in [0.15, 0.2) is 30.3 Å². The maximum absolute atomic E-state index is 12.6. The Kier molecular flexibility index (Phi) is 6.92. The summed E-state index contributed by atoms with van der Waals surface area (Å²) >= 11 is 1.49. The first-order valence-corrected chi connectivity index (χ1v) is 11.2. The van der Waals surface area contributed by atoms with E-state index in [-0.39, 0.29) is 17.7 Å². The SMILES string of the molecule is Cc1ccc(C(=O)NC(C(=O)NNC(=O)c2cc3c(s2)CCC(C)C3)C(C)C)cc1. The van der Waals surface area contributed by atoms with Gasteiger partial charge >= 0.3 is 0 Å². The van der Waals surface area contributed by atoms with Crippen molar-refractivity contribution >= 4 is 29.1 Å². The summed E-state index contributed by atoms with van der Waals surface area (Å²) in [5.74, 6) is -0.620. The highest BCUT2D eigenvalue weighted by atomic mass is 32.1. The quantitative estimate of drug-likeness (QED) is 0.639. The van der Waals surface area contributed by atoms with Crippen molar-refractivity contribution < 1.29 is 14.4 Å². The van der Waals surface area contributed by atoms with Gasteiger partial charge in [-0.25, -0.2) is 0 Å². The summed E-state index contributed by atoms with van der Waals surface area (Å²) in [5, 5.41) is 2.76. The van der Waals surface area contributed by atoms with E-state index in [1.54, 1.807) is 12.1 Å². The summed E-state index contributed by atoms with van der Waals surface area (Å²) in [6.07, 6.45) is 3.13. The standard InChI is InChI=1S/C23H29N3O3S/c1-13(2)20(24-21(27)16-8-5-14(3)6-9-16)23(29)26-25-22(28)19-12-17-11-15(4)7-10-18(17)30-19/h5-6,8-9,12-13,15,20H,7,10-11H2,1-4H3,(H,24,27)(H,25,28)(H,26,29). The second kappa shape index (κ2) is 9.43. The Labute approximate surface area is 181 Å². The molecule has 30 heavy (non-hydrogen) atoms. The van der Waals surface area contributed by atoms with Gasteiger partial charge in [0.15, 0.2) is 0 Å². The summed E-state index contributed by atoms with van der Waals surface area (Å²) in [6, 6.07) is 8.30. The van der Waals surface area contributed by atoms with Gasteiger partial charge in [-0.2, -0.15) is 0 Å². The van der Waals surface area contributed by atoms with Gasteiger partial charge in [0.05, 0.1) is 4.88 Å². The third-order valence-corrected chi connectivity index (χ3v) is 6.64. The molecule has 0 radical (unpaired) electrons. The maximum atomic E-state index is 12.6. The van der Waals surface area contributed by atoms with Gasteiger partial charge in [-0.1, -0.05) is 38.5 Å². The number of carbonyl (C=O) groups excluding carboxylic acids is 3. The van der Waals surface area contributed by atoms with Gasteiger partial charge in [-0.15, -0.1) is 11.3 Å². The van der Waals surface area contributed by atoms with Gasteiger partial charge in [0.2, 0.25) is 0 Å². The molecule has 6 nitrogen and oxygen atoms in total. The molecule has 7 heteroatoms. The van der Waals surface area contributed by atoms with Crippen LogP contribution < -0.4 is 16.2 Å². The lowest BCUT2D eigenvalue weighted by atomic mass is 9.90. The molecule has 0 bridgehead atoms. The van der Waals surface area contributed by atoms with Crippen LogP contribution in [0.4, 0.5) is 0 Å². The summed E-state index contributed by atoms with van der Waals surface area (Å²) in [4.78, 5) is 39.5. The van der Waals surface area contributed by atoms with Gasteiger partial charge in [-0.3, -0.25) is 25.2 Å². The van der Waals surface area contributed by atoms with Crippen LogP contribution in [0.1, 0.15) is 63.2 Å². The smallest absolute Gasteiger partial charge is 0.279 e. The first kappa shape index (κ1) is 22.0. The average Bonchev–Trinajstić information content (AvgIpc) is 3.13. The number of rotatable bonds is 5. The number of carbonyl (C=O) groups is 3. The van der Waals surface area contributed by atoms with Crippen molar-refractivity contribution in [2.24, 2.45) is 11.8 Å². The molecule has 0 saturated heterocycles. The lowest BCUT2D eigenvalue weighted by Gasteiger charge is -2.21. The fourth-order valence-corrected chi connectivity index (χ4v) is 4.64. The van der Waals surface area contributed by atoms with Crippen LogP contribution in [0.25, 0.3) is 0 Å². The van der Waals surface area contributed by atoms with Crippen molar-refractivity contribution in [1.82, 2.24) is 16.2 Å². The number of amides is 3. The molecule has 0 aliphatic heterocycles. The van der Waals surface area contributed by atoms with Crippen LogP contribution in [0.2, 0.25) is 0 Å². The third kappa shape index (κ3) is 5.27. The number of benzene rings is 1. The molecule has 1 aromatic carbocycles. The van der Waals surface area contributed by atoms with Gasteiger partial charge in [-0.05, 0) is 61.8 Å². The summed E-state index contributed by atoms with van der Waals surface area (Å²) in [5.41, 5.74) is 7.74. The number of thiophene rings is 1. The molecule has 2 atom stereocenters. The highest BCUT2D eigenvalue weighted by Gasteiger charge is 2.26. The van der Waals surface area contributed by atoms with Crippen LogP contribution >= 0.6 is 11.3 Å². The average molecular weight is 428 g/mol. The topological polar surface area (TPSA) is 87.3 Å². The zero-order valence-electron chi connectivity index (χ0n) is 17.9. The summed E-state index contributed by atoms with van der Waals surface area (Å²) in [7, 11) is 0.